The van der Waals surface area contributed by atoms with Crippen molar-refractivity contribution in [3.05, 3.63) is 59.9 Å². The first-order valence-electron chi connectivity index (χ1n) is 6.84. The summed E-state index contributed by atoms with van der Waals surface area (Å²) in [6.45, 7) is 4.14. The van der Waals surface area contributed by atoms with E-state index in [1.807, 2.05) is 30.3 Å². The Morgan fingerprint density at radius 2 is 1.75 bits per heavy atom. The zero-order valence-corrected chi connectivity index (χ0v) is 11.8. The molecular weight excluding hydrogens is 253 g/mol. The van der Waals surface area contributed by atoms with Gasteiger partial charge in [0.25, 0.3) is 0 Å². The van der Waals surface area contributed by atoms with Crippen molar-refractivity contribution in [3.63, 3.8) is 0 Å². The molecule has 2 aromatic rings. The maximum absolute atomic E-state index is 13.9. The highest BCUT2D eigenvalue weighted by Gasteiger charge is 2.14. The van der Waals surface area contributed by atoms with Crippen LogP contribution in [-0.2, 0) is 0 Å². The Labute approximate surface area is 119 Å². The molecule has 106 valence electrons. The van der Waals surface area contributed by atoms with E-state index >= 15 is 0 Å². The molecule has 20 heavy (non-hydrogen) atoms. The second-order valence-corrected chi connectivity index (χ2v) is 5.33. The first-order valence-corrected chi connectivity index (χ1v) is 6.84. The zero-order chi connectivity index (χ0) is 14.5. The molecule has 2 aromatic carbocycles. The lowest BCUT2D eigenvalue weighted by Crippen LogP contribution is -2.14. The summed E-state index contributed by atoms with van der Waals surface area (Å²) in [5, 5.41) is 0. The molecule has 2 rings (SSSR count). The fraction of sp³-hybridized carbons (Fsp3) is 0.294. The fourth-order valence-corrected chi connectivity index (χ4v) is 2.13. The van der Waals surface area contributed by atoms with E-state index in [0.717, 1.165) is 12.2 Å². The lowest BCUT2D eigenvalue weighted by molar-refractivity contribution is 0.465. The van der Waals surface area contributed by atoms with Gasteiger partial charge >= 0.3 is 0 Å². The molecule has 0 aromatic heterocycles. The van der Waals surface area contributed by atoms with E-state index in [9.17, 15) is 4.39 Å². The lowest BCUT2D eigenvalue weighted by Gasteiger charge is -2.16. The van der Waals surface area contributed by atoms with Gasteiger partial charge in [0.05, 0.1) is 0 Å². The Balaban J connectivity index is 2.20. The molecule has 2 N–H and O–H groups in total. The van der Waals surface area contributed by atoms with E-state index in [2.05, 4.69) is 13.8 Å². The van der Waals surface area contributed by atoms with Crippen molar-refractivity contribution < 1.29 is 9.13 Å². The highest BCUT2D eigenvalue weighted by molar-refractivity contribution is 5.35. The summed E-state index contributed by atoms with van der Waals surface area (Å²) in [6.07, 6.45) is 0.742. The summed E-state index contributed by atoms with van der Waals surface area (Å²) in [4.78, 5) is 0. The van der Waals surface area contributed by atoms with Gasteiger partial charge in [-0.15, -0.1) is 0 Å². The summed E-state index contributed by atoms with van der Waals surface area (Å²) >= 11 is 0. The Bertz CT molecular complexity index is 554. The number of halogens is 1. The maximum Gasteiger partial charge on any atom is 0.128 e. The third kappa shape index (κ3) is 3.81. The second kappa shape index (κ2) is 6.53. The largest absolute Gasteiger partial charge is 0.457 e. The van der Waals surface area contributed by atoms with Crippen LogP contribution < -0.4 is 10.5 Å². The van der Waals surface area contributed by atoms with Crippen LogP contribution in [0, 0.1) is 11.7 Å². The van der Waals surface area contributed by atoms with Crippen LogP contribution in [0.4, 0.5) is 4.39 Å². The number of rotatable bonds is 5. The molecule has 0 aliphatic carbocycles. The van der Waals surface area contributed by atoms with Gasteiger partial charge in [0.15, 0.2) is 0 Å². The third-order valence-electron chi connectivity index (χ3n) is 3.07. The Morgan fingerprint density at radius 1 is 1.05 bits per heavy atom. The summed E-state index contributed by atoms with van der Waals surface area (Å²) in [6, 6.07) is 13.8. The van der Waals surface area contributed by atoms with Crippen LogP contribution in [0.5, 0.6) is 11.5 Å². The van der Waals surface area contributed by atoms with Gasteiger partial charge in [0.2, 0.25) is 0 Å². The molecule has 0 fully saturated rings. The minimum Gasteiger partial charge on any atom is -0.457 e. The van der Waals surface area contributed by atoms with Crippen LogP contribution in [0.3, 0.4) is 0 Å². The van der Waals surface area contributed by atoms with Crippen molar-refractivity contribution in [1.82, 2.24) is 0 Å². The van der Waals surface area contributed by atoms with Gasteiger partial charge in [-0.1, -0.05) is 32.0 Å². The molecule has 3 heteroatoms. The van der Waals surface area contributed by atoms with E-state index in [0.29, 0.717) is 17.2 Å². The van der Waals surface area contributed by atoms with Crippen molar-refractivity contribution in [2.45, 2.75) is 26.3 Å². The zero-order valence-electron chi connectivity index (χ0n) is 11.8. The maximum atomic E-state index is 13.9. The first-order chi connectivity index (χ1) is 9.56. The summed E-state index contributed by atoms with van der Waals surface area (Å²) in [5.74, 6) is 1.47. The molecule has 0 aliphatic heterocycles. The summed E-state index contributed by atoms with van der Waals surface area (Å²) in [7, 11) is 0. The van der Waals surface area contributed by atoms with Gasteiger partial charge in [0.1, 0.15) is 17.3 Å². The smallest absolute Gasteiger partial charge is 0.128 e. The molecule has 0 amide bonds. The van der Waals surface area contributed by atoms with Gasteiger partial charge in [-0.2, -0.15) is 0 Å². The Morgan fingerprint density at radius 3 is 2.40 bits per heavy atom. The molecule has 0 spiro atoms. The lowest BCUT2D eigenvalue weighted by atomic mass is 9.97. The van der Waals surface area contributed by atoms with Crippen LogP contribution in [-0.4, -0.2) is 0 Å². The molecule has 1 unspecified atom stereocenters. The van der Waals surface area contributed by atoms with Crippen LogP contribution in [0.1, 0.15) is 31.9 Å². The van der Waals surface area contributed by atoms with Crippen LogP contribution in [0.2, 0.25) is 0 Å². The van der Waals surface area contributed by atoms with Crippen molar-refractivity contribution in [3.8, 4) is 11.5 Å². The molecule has 0 saturated carbocycles. The first kappa shape index (κ1) is 14.5. The summed E-state index contributed by atoms with van der Waals surface area (Å²) < 4.78 is 19.6. The molecule has 0 aliphatic rings. The van der Waals surface area contributed by atoms with Crippen molar-refractivity contribution >= 4 is 0 Å². The predicted octanol–water partition coefficient (Wildman–Crippen LogP) is 4.66. The molecule has 2 nitrogen and oxygen atoms in total. The van der Waals surface area contributed by atoms with Crippen LogP contribution >= 0.6 is 0 Å². The topological polar surface area (TPSA) is 35.2 Å². The Hall–Kier alpha value is -1.87. The molecule has 0 heterocycles. The average molecular weight is 273 g/mol. The highest BCUT2D eigenvalue weighted by atomic mass is 19.1. The van der Waals surface area contributed by atoms with Gasteiger partial charge in [-0.05, 0) is 42.7 Å². The van der Waals surface area contributed by atoms with Crippen molar-refractivity contribution in [1.29, 1.82) is 0 Å². The van der Waals surface area contributed by atoms with E-state index in [1.165, 1.54) is 6.07 Å². The second-order valence-electron chi connectivity index (χ2n) is 5.33. The minimum absolute atomic E-state index is 0.279. The van der Waals surface area contributed by atoms with Gasteiger partial charge in [-0.3, -0.25) is 0 Å². The number of ether oxygens (including phenoxy) is 1. The quantitative estimate of drug-likeness (QED) is 0.859. The van der Waals surface area contributed by atoms with E-state index in [-0.39, 0.29) is 11.9 Å². The SMILES string of the molecule is CC(C)CC(N)c1cc(Oc2ccccc2)ccc1F. The summed E-state index contributed by atoms with van der Waals surface area (Å²) in [5.41, 5.74) is 6.57. The third-order valence-corrected chi connectivity index (χ3v) is 3.07. The normalized spacial score (nSPS) is 12.4. The molecular formula is C17H20FNO. The van der Waals surface area contributed by atoms with Gasteiger partial charge in [-0.25, -0.2) is 4.39 Å². The van der Waals surface area contributed by atoms with Crippen LogP contribution in [0.15, 0.2) is 48.5 Å². The monoisotopic (exact) mass is 273 g/mol. The standard InChI is InChI=1S/C17H20FNO/c1-12(2)10-17(19)15-11-14(8-9-16(15)18)20-13-6-4-3-5-7-13/h3-9,11-12,17H,10,19H2,1-2H3. The molecule has 0 radical (unpaired) electrons. The highest BCUT2D eigenvalue weighted by Crippen LogP contribution is 2.28. The predicted molar refractivity (Wildman–Crippen MR) is 79.3 cm³/mol. The van der Waals surface area contributed by atoms with Crippen LogP contribution in [0.25, 0.3) is 0 Å². The van der Waals surface area contributed by atoms with E-state index in [4.69, 9.17) is 10.5 Å². The molecule has 0 saturated heterocycles. The number of hydrogen-bond acceptors (Lipinski definition) is 2. The minimum atomic E-state index is -0.311. The number of benzene rings is 2. The van der Waals surface area contributed by atoms with Crippen molar-refractivity contribution in [2.75, 3.05) is 0 Å². The average Bonchev–Trinajstić information content (AvgIpc) is 2.41. The van der Waals surface area contributed by atoms with Gasteiger partial charge < -0.3 is 10.5 Å². The number of nitrogens with two attached hydrogens (primary N) is 1. The van der Waals surface area contributed by atoms with Gasteiger partial charge in [0, 0.05) is 11.6 Å². The fourth-order valence-electron chi connectivity index (χ4n) is 2.13. The van der Waals surface area contributed by atoms with E-state index < -0.39 is 0 Å². The Kier molecular flexibility index (Phi) is 4.74. The molecule has 1 atom stereocenters. The van der Waals surface area contributed by atoms with E-state index in [1.54, 1.807) is 12.1 Å². The number of hydrogen-bond donors (Lipinski definition) is 1. The van der Waals surface area contributed by atoms with Crippen molar-refractivity contribution in [2.24, 2.45) is 11.7 Å². The number of para-hydroxylation sites is 1. The molecule has 0 bridgehead atoms.